The second-order valence-electron chi connectivity index (χ2n) is 15.6. The maximum atomic E-state index is 13.9. The van der Waals surface area contributed by atoms with Gasteiger partial charge in [0.2, 0.25) is 0 Å². The predicted molar refractivity (Wildman–Crippen MR) is 202 cm³/mol. The van der Waals surface area contributed by atoms with Crippen molar-refractivity contribution in [3.8, 4) is 0 Å². The maximum absolute atomic E-state index is 13.9. The average molecular weight is 808 g/mol. The van der Waals surface area contributed by atoms with Crippen molar-refractivity contribution >= 4 is 18.2 Å². The largest absolute Gasteiger partial charge is 0.465 e. The van der Waals surface area contributed by atoms with Gasteiger partial charge in [0.15, 0.2) is 0 Å². The Morgan fingerprint density at radius 2 is 1.26 bits per heavy atom. The number of ether oxygens (including phenoxy) is 1. The highest BCUT2D eigenvalue weighted by atomic mass is 19.4. The number of hydrogen-bond donors (Lipinski definition) is 2. The number of carbonyl (C=O) groups is 3. The fourth-order valence-corrected chi connectivity index (χ4v) is 7.32. The van der Waals surface area contributed by atoms with Gasteiger partial charge in [-0.05, 0) is 100 Å². The molecule has 0 bridgehead atoms. The molecular formula is C41H51F6N5O5. The number of nitrogens with zero attached hydrogens (tertiary/aromatic N) is 4. The molecule has 0 aliphatic carbocycles. The number of nitrogens with two attached hydrogens (primary N) is 1. The van der Waals surface area contributed by atoms with Gasteiger partial charge in [0.05, 0.1) is 35.3 Å². The second kappa shape index (κ2) is 17.2. The molecule has 16 heteroatoms. The average Bonchev–Trinajstić information content (AvgIpc) is 3.73. The van der Waals surface area contributed by atoms with Crippen LogP contribution in [0.15, 0.2) is 66.7 Å². The lowest BCUT2D eigenvalue weighted by molar-refractivity contribution is -0.143. The lowest BCUT2D eigenvalue weighted by Crippen LogP contribution is -2.47. The molecule has 2 heterocycles. The third kappa shape index (κ3) is 10.5. The molecule has 2 fully saturated rings. The molecule has 3 aromatic carbocycles. The highest BCUT2D eigenvalue weighted by Crippen LogP contribution is 2.41. The number of benzene rings is 3. The van der Waals surface area contributed by atoms with E-state index in [0.717, 1.165) is 33.6 Å². The molecule has 0 radical (unpaired) electrons. The SMILES string of the molecule is Cc1ccccc1C1C(N)CCN1C(=O)O.Cc1ccccc1[C@H]1[C@H](N(C)C(=O)OC(C)(C)C)CCN1C(=O)N(C)[C@H](C)c1cc(C(F)(F)F)cc(C(F)(F)F)c1. The van der Waals surface area contributed by atoms with Gasteiger partial charge < -0.3 is 30.3 Å². The number of alkyl halides is 6. The number of amides is 4. The van der Waals surface area contributed by atoms with E-state index in [0.29, 0.717) is 25.1 Å². The Bertz CT molecular complexity index is 1880. The first kappa shape index (κ1) is 44.7. The number of carboxylic acid groups (broad SMARTS) is 1. The summed E-state index contributed by atoms with van der Waals surface area (Å²) >= 11 is 0. The van der Waals surface area contributed by atoms with Crippen LogP contribution >= 0.6 is 0 Å². The minimum atomic E-state index is -5.01. The number of halogens is 6. The Morgan fingerprint density at radius 3 is 1.72 bits per heavy atom. The van der Waals surface area contributed by atoms with Crippen molar-refractivity contribution in [1.29, 1.82) is 0 Å². The number of hydrogen-bond acceptors (Lipinski definition) is 5. The zero-order chi connectivity index (χ0) is 42.8. The van der Waals surface area contributed by atoms with Crippen LogP contribution < -0.4 is 5.73 Å². The van der Waals surface area contributed by atoms with Crippen LogP contribution in [0.5, 0.6) is 0 Å². The van der Waals surface area contributed by atoms with E-state index in [-0.39, 0.29) is 30.3 Å². The number of urea groups is 1. The van der Waals surface area contributed by atoms with Crippen molar-refractivity contribution in [2.75, 3.05) is 27.2 Å². The van der Waals surface area contributed by atoms with E-state index < -0.39 is 65.4 Å². The molecule has 2 unspecified atom stereocenters. The molecule has 2 aliphatic rings. The zero-order valence-corrected chi connectivity index (χ0v) is 33.3. The Kier molecular flexibility index (Phi) is 13.5. The number of aryl methyl sites for hydroxylation is 2. The number of rotatable bonds is 5. The van der Waals surface area contributed by atoms with E-state index >= 15 is 0 Å². The van der Waals surface area contributed by atoms with Gasteiger partial charge in [-0.15, -0.1) is 0 Å². The summed E-state index contributed by atoms with van der Waals surface area (Å²) in [7, 11) is 2.91. The monoisotopic (exact) mass is 807 g/mol. The van der Waals surface area contributed by atoms with Crippen LogP contribution in [0.4, 0.5) is 40.7 Å². The van der Waals surface area contributed by atoms with E-state index in [1.807, 2.05) is 56.3 Å². The molecule has 5 rings (SSSR count). The summed E-state index contributed by atoms with van der Waals surface area (Å²) in [6, 6.07) is 13.3. The topological polar surface area (TPSA) is 120 Å². The summed E-state index contributed by atoms with van der Waals surface area (Å²) in [6.45, 7) is 11.1. The summed E-state index contributed by atoms with van der Waals surface area (Å²) in [6.07, 6.45) is -10.4. The molecule has 0 spiro atoms. The van der Waals surface area contributed by atoms with E-state index in [1.165, 1.54) is 28.7 Å². The van der Waals surface area contributed by atoms with E-state index in [4.69, 9.17) is 15.6 Å². The van der Waals surface area contributed by atoms with Crippen molar-refractivity contribution in [2.45, 2.75) is 103 Å². The molecule has 10 nitrogen and oxygen atoms in total. The van der Waals surface area contributed by atoms with Gasteiger partial charge in [-0.25, -0.2) is 14.4 Å². The van der Waals surface area contributed by atoms with Gasteiger partial charge in [0, 0.05) is 33.2 Å². The molecule has 5 atom stereocenters. The Labute approximate surface area is 329 Å². The van der Waals surface area contributed by atoms with Gasteiger partial charge in [0.25, 0.3) is 0 Å². The van der Waals surface area contributed by atoms with E-state index in [9.17, 15) is 40.7 Å². The molecule has 312 valence electrons. The third-order valence-electron chi connectivity index (χ3n) is 10.5. The first-order valence-corrected chi connectivity index (χ1v) is 18.5. The standard InChI is InChI=1S/C29H35F6N3O3.C12H16N2O2/c1-17-10-8-9-11-22(17)24-23(37(7)26(40)41-27(3,4)5)12-13-38(24)25(39)36(6)18(2)19-14-20(28(30,31)32)16-21(15-19)29(33,34)35;1-8-4-2-3-5-9(8)11-10(13)6-7-14(11)12(15)16/h8-11,14-16,18,23-24H,12-13H2,1-7H3;2-5,10-11H,6-7,13H2,1H3,(H,15,16)/t18-,23-,24+;/m1./s1. The molecule has 2 aliphatic heterocycles. The Hall–Kier alpha value is -4.99. The number of likely N-dealkylation sites (tertiary alicyclic amines) is 2. The van der Waals surface area contributed by atoms with E-state index in [2.05, 4.69) is 0 Å². The highest BCUT2D eigenvalue weighted by molar-refractivity contribution is 5.76. The van der Waals surface area contributed by atoms with Crippen LogP contribution in [-0.2, 0) is 17.1 Å². The normalized spacial score (nSPS) is 20.4. The van der Waals surface area contributed by atoms with Crippen molar-refractivity contribution < 1.29 is 50.6 Å². The molecule has 2 saturated heterocycles. The summed E-state index contributed by atoms with van der Waals surface area (Å²) in [5, 5.41) is 9.12. The summed E-state index contributed by atoms with van der Waals surface area (Å²) in [5.74, 6) is 0. The van der Waals surface area contributed by atoms with Crippen LogP contribution in [0, 0.1) is 13.8 Å². The molecule has 0 aromatic heterocycles. The van der Waals surface area contributed by atoms with Gasteiger partial charge in [-0.3, -0.25) is 4.90 Å². The second-order valence-corrected chi connectivity index (χ2v) is 15.6. The molecule has 3 N–H and O–H groups in total. The van der Waals surface area contributed by atoms with Crippen molar-refractivity contribution in [3.05, 3.63) is 106 Å². The lowest BCUT2D eigenvalue weighted by atomic mass is 9.95. The van der Waals surface area contributed by atoms with Gasteiger partial charge in [-0.2, -0.15) is 26.3 Å². The smallest absolute Gasteiger partial charge is 0.416 e. The molecular weight excluding hydrogens is 756 g/mol. The van der Waals surface area contributed by atoms with Gasteiger partial charge >= 0.3 is 30.6 Å². The van der Waals surface area contributed by atoms with Crippen LogP contribution in [0.3, 0.4) is 0 Å². The van der Waals surface area contributed by atoms with Crippen LogP contribution in [0.2, 0.25) is 0 Å². The number of likely N-dealkylation sites (N-methyl/N-ethyl adjacent to an activating group) is 1. The van der Waals surface area contributed by atoms with Gasteiger partial charge in [0.1, 0.15) is 5.60 Å². The van der Waals surface area contributed by atoms with E-state index in [1.54, 1.807) is 33.9 Å². The third-order valence-corrected chi connectivity index (χ3v) is 10.5. The predicted octanol–water partition coefficient (Wildman–Crippen LogP) is 9.58. The van der Waals surface area contributed by atoms with Crippen LogP contribution in [0.1, 0.15) is 97.6 Å². The lowest BCUT2D eigenvalue weighted by Gasteiger charge is -2.37. The molecule has 57 heavy (non-hydrogen) atoms. The van der Waals surface area contributed by atoms with Crippen LogP contribution in [-0.4, -0.2) is 87.8 Å². The Morgan fingerprint density at radius 1 is 0.789 bits per heavy atom. The van der Waals surface area contributed by atoms with Crippen molar-refractivity contribution in [1.82, 2.24) is 19.6 Å². The fourth-order valence-electron chi connectivity index (χ4n) is 7.32. The van der Waals surface area contributed by atoms with Crippen molar-refractivity contribution in [3.63, 3.8) is 0 Å². The molecule has 0 saturated carbocycles. The zero-order valence-electron chi connectivity index (χ0n) is 33.3. The van der Waals surface area contributed by atoms with Crippen molar-refractivity contribution in [2.24, 2.45) is 5.73 Å². The summed E-state index contributed by atoms with van der Waals surface area (Å²) < 4.78 is 86.4. The van der Waals surface area contributed by atoms with Crippen LogP contribution in [0.25, 0.3) is 0 Å². The first-order chi connectivity index (χ1) is 26.3. The molecule has 3 aromatic rings. The summed E-state index contributed by atoms with van der Waals surface area (Å²) in [4.78, 5) is 43.4. The Balaban J connectivity index is 0.000000372. The first-order valence-electron chi connectivity index (χ1n) is 18.5. The number of carbonyl (C=O) groups excluding carboxylic acids is 2. The highest BCUT2D eigenvalue weighted by Gasteiger charge is 2.45. The minimum absolute atomic E-state index is 0.0593. The maximum Gasteiger partial charge on any atom is 0.416 e. The van der Waals surface area contributed by atoms with Gasteiger partial charge in [-0.1, -0.05) is 48.5 Å². The summed E-state index contributed by atoms with van der Waals surface area (Å²) in [5.41, 5.74) is 5.77. The quantitative estimate of drug-likeness (QED) is 0.248. The fraction of sp³-hybridized carbons (Fsp3) is 0.488. The minimum Gasteiger partial charge on any atom is -0.465 e. The molecule has 4 amide bonds.